The lowest BCUT2D eigenvalue weighted by Gasteiger charge is -2.23. The van der Waals surface area contributed by atoms with Crippen molar-refractivity contribution in [3.8, 4) is 5.75 Å². The molecule has 0 radical (unpaired) electrons. The number of nitrogens with zero attached hydrogens (tertiary/aromatic N) is 1. The lowest BCUT2D eigenvalue weighted by Crippen LogP contribution is -2.31. The molecule has 0 aromatic heterocycles. The molecule has 0 aliphatic rings. The van der Waals surface area contributed by atoms with Crippen LogP contribution in [0.1, 0.15) is 19.4 Å². The monoisotopic (exact) mass is 287 g/mol. The Balaban J connectivity index is 2.29. The van der Waals surface area contributed by atoms with Gasteiger partial charge in [-0.25, -0.2) is 0 Å². The van der Waals surface area contributed by atoms with E-state index in [0.29, 0.717) is 13.1 Å². The first kappa shape index (κ1) is 15.3. The van der Waals surface area contributed by atoms with E-state index in [-0.39, 0.29) is 5.75 Å². The fourth-order valence-electron chi connectivity index (χ4n) is 2.49. The highest BCUT2D eigenvalue weighted by Crippen LogP contribution is 2.28. The average molecular weight is 287 g/mol. The van der Waals surface area contributed by atoms with Crippen molar-refractivity contribution < 1.29 is 15.0 Å². The molecule has 1 unspecified atom stereocenters. The van der Waals surface area contributed by atoms with Crippen LogP contribution < -0.4 is 0 Å². The number of aliphatic carboxylic acids is 1. The molecule has 0 amide bonds. The van der Waals surface area contributed by atoms with Crippen LogP contribution in [0.3, 0.4) is 0 Å². The summed E-state index contributed by atoms with van der Waals surface area (Å²) < 4.78 is 0. The van der Waals surface area contributed by atoms with Gasteiger partial charge in [-0.1, -0.05) is 44.2 Å². The number of phenolic OH excluding ortho intramolecular Hbond substituents is 1. The Labute approximate surface area is 124 Å². The van der Waals surface area contributed by atoms with Gasteiger partial charge in [0.25, 0.3) is 0 Å². The SMILES string of the molecule is CCN(Cc1c(O)ccc2ccccc12)CC(C)C(=O)O. The third-order valence-corrected chi connectivity index (χ3v) is 3.80. The third kappa shape index (κ3) is 3.52. The van der Waals surface area contributed by atoms with Gasteiger partial charge in [-0.15, -0.1) is 0 Å². The van der Waals surface area contributed by atoms with Crippen LogP contribution >= 0.6 is 0 Å². The van der Waals surface area contributed by atoms with Gasteiger partial charge >= 0.3 is 5.97 Å². The lowest BCUT2D eigenvalue weighted by atomic mass is 10.0. The second-order valence-electron chi connectivity index (χ2n) is 5.35. The molecule has 0 spiro atoms. The molecule has 2 aromatic rings. The maximum absolute atomic E-state index is 11.0. The highest BCUT2D eigenvalue weighted by atomic mass is 16.4. The fourth-order valence-corrected chi connectivity index (χ4v) is 2.49. The second kappa shape index (κ2) is 6.59. The van der Waals surface area contributed by atoms with E-state index in [1.54, 1.807) is 13.0 Å². The first-order chi connectivity index (χ1) is 10.0. The Morgan fingerprint density at radius 3 is 2.62 bits per heavy atom. The zero-order chi connectivity index (χ0) is 15.4. The maximum Gasteiger partial charge on any atom is 0.307 e. The summed E-state index contributed by atoms with van der Waals surface area (Å²) in [7, 11) is 0. The molecule has 0 saturated carbocycles. The molecular formula is C17H21NO3. The predicted octanol–water partition coefficient (Wildman–Crippen LogP) is 3.09. The number of aromatic hydroxyl groups is 1. The number of hydrogen-bond donors (Lipinski definition) is 2. The molecule has 1 atom stereocenters. The highest BCUT2D eigenvalue weighted by Gasteiger charge is 2.17. The Hall–Kier alpha value is -2.07. The summed E-state index contributed by atoms with van der Waals surface area (Å²) in [6.45, 7) is 5.45. The number of hydrogen-bond acceptors (Lipinski definition) is 3. The number of carboxylic acid groups (broad SMARTS) is 1. The number of fused-ring (bicyclic) bond motifs is 1. The normalized spacial score (nSPS) is 12.7. The van der Waals surface area contributed by atoms with Gasteiger partial charge in [-0.3, -0.25) is 9.69 Å². The standard InChI is InChI=1S/C17H21NO3/c1-3-18(10-12(2)17(20)21)11-15-14-7-5-4-6-13(14)8-9-16(15)19/h4-9,12,19H,3,10-11H2,1-2H3,(H,20,21). The van der Waals surface area contributed by atoms with Crippen LogP contribution in [-0.4, -0.2) is 34.2 Å². The summed E-state index contributed by atoms with van der Waals surface area (Å²) in [6.07, 6.45) is 0. The molecule has 4 heteroatoms. The van der Waals surface area contributed by atoms with Crippen molar-refractivity contribution in [2.75, 3.05) is 13.1 Å². The number of phenols is 1. The molecule has 4 nitrogen and oxygen atoms in total. The molecule has 2 rings (SSSR count). The van der Waals surface area contributed by atoms with E-state index in [1.807, 2.05) is 42.2 Å². The predicted molar refractivity (Wildman–Crippen MR) is 83.4 cm³/mol. The summed E-state index contributed by atoms with van der Waals surface area (Å²) >= 11 is 0. The van der Waals surface area contributed by atoms with Crippen molar-refractivity contribution in [1.82, 2.24) is 4.90 Å². The van der Waals surface area contributed by atoms with Gasteiger partial charge < -0.3 is 10.2 Å². The van der Waals surface area contributed by atoms with E-state index in [4.69, 9.17) is 5.11 Å². The summed E-state index contributed by atoms with van der Waals surface area (Å²) in [4.78, 5) is 13.0. The molecule has 0 saturated heterocycles. The van der Waals surface area contributed by atoms with Crippen LogP contribution in [0.15, 0.2) is 36.4 Å². The minimum atomic E-state index is -0.796. The van der Waals surface area contributed by atoms with Gasteiger partial charge in [0, 0.05) is 18.7 Å². The quantitative estimate of drug-likeness (QED) is 0.857. The Morgan fingerprint density at radius 1 is 1.24 bits per heavy atom. The van der Waals surface area contributed by atoms with Crippen LogP contribution in [0.5, 0.6) is 5.75 Å². The molecule has 0 aliphatic carbocycles. The van der Waals surface area contributed by atoms with E-state index in [1.165, 1.54) is 0 Å². The van der Waals surface area contributed by atoms with Crippen LogP contribution in [-0.2, 0) is 11.3 Å². The molecule has 0 heterocycles. The molecule has 2 N–H and O–H groups in total. The van der Waals surface area contributed by atoms with Gasteiger partial charge in [0.2, 0.25) is 0 Å². The molecule has 112 valence electrons. The van der Waals surface area contributed by atoms with E-state index >= 15 is 0 Å². The first-order valence-electron chi connectivity index (χ1n) is 7.17. The van der Waals surface area contributed by atoms with Gasteiger partial charge in [0.1, 0.15) is 5.75 Å². The molecule has 2 aromatic carbocycles. The van der Waals surface area contributed by atoms with E-state index in [9.17, 15) is 9.90 Å². The summed E-state index contributed by atoms with van der Waals surface area (Å²) in [6, 6.07) is 11.5. The van der Waals surface area contributed by atoms with Crippen LogP contribution in [0, 0.1) is 5.92 Å². The number of carboxylic acids is 1. The topological polar surface area (TPSA) is 60.8 Å². The zero-order valence-corrected chi connectivity index (χ0v) is 12.4. The summed E-state index contributed by atoms with van der Waals surface area (Å²) in [5.41, 5.74) is 0.854. The van der Waals surface area contributed by atoms with E-state index in [2.05, 4.69) is 0 Å². The minimum Gasteiger partial charge on any atom is -0.508 e. The number of carbonyl (C=O) groups is 1. The highest BCUT2D eigenvalue weighted by molar-refractivity contribution is 5.87. The molecule has 21 heavy (non-hydrogen) atoms. The third-order valence-electron chi connectivity index (χ3n) is 3.80. The van der Waals surface area contributed by atoms with Crippen molar-refractivity contribution >= 4 is 16.7 Å². The number of benzene rings is 2. The first-order valence-corrected chi connectivity index (χ1v) is 7.17. The summed E-state index contributed by atoms with van der Waals surface area (Å²) in [5.74, 6) is -0.965. The van der Waals surface area contributed by atoms with Crippen molar-refractivity contribution in [3.05, 3.63) is 42.0 Å². The average Bonchev–Trinajstić information content (AvgIpc) is 2.48. The minimum absolute atomic E-state index is 0.259. The molecule has 0 bridgehead atoms. The molecular weight excluding hydrogens is 266 g/mol. The van der Waals surface area contributed by atoms with Gasteiger partial charge in [-0.05, 0) is 23.4 Å². The Bertz CT molecular complexity index is 639. The van der Waals surface area contributed by atoms with E-state index < -0.39 is 11.9 Å². The van der Waals surface area contributed by atoms with Crippen molar-refractivity contribution in [2.45, 2.75) is 20.4 Å². The Morgan fingerprint density at radius 2 is 1.95 bits per heavy atom. The fraction of sp³-hybridized carbons (Fsp3) is 0.353. The maximum atomic E-state index is 11.0. The van der Waals surface area contributed by atoms with Gasteiger partial charge in [-0.2, -0.15) is 0 Å². The molecule has 0 aliphatic heterocycles. The van der Waals surface area contributed by atoms with Crippen molar-refractivity contribution in [3.63, 3.8) is 0 Å². The van der Waals surface area contributed by atoms with Gasteiger partial charge in [0.15, 0.2) is 0 Å². The largest absolute Gasteiger partial charge is 0.508 e. The summed E-state index contributed by atoms with van der Waals surface area (Å²) in [5, 5.41) is 21.3. The van der Waals surface area contributed by atoms with Crippen molar-refractivity contribution in [2.24, 2.45) is 5.92 Å². The van der Waals surface area contributed by atoms with Crippen LogP contribution in [0.4, 0.5) is 0 Å². The lowest BCUT2D eigenvalue weighted by molar-refractivity contribution is -0.141. The smallest absolute Gasteiger partial charge is 0.307 e. The van der Waals surface area contributed by atoms with Gasteiger partial charge in [0.05, 0.1) is 5.92 Å². The van der Waals surface area contributed by atoms with Crippen molar-refractivity contribution in [1.29, 1.82) is 0 Å². The van der Waals surface area contributed by atoms with E-state index in [0.717, 1.165) is 22.9 Å². The Kier molecular flexibility index (Phi) is 4.81. The van der Waals surface area contributed by atoms with Crippen LogP contribution in [0.25, 0.3) is 10.8 Å². The van der Waals surface area contributed by atoms with Crippen LogP contribution in [0.2, 0.25) is 0 Å². The number of rotatable bonds is 6. The zero-order valence-electron chi connectivity index (χ0n) is 12.4. The second-order valence-corrected chi connectivity index (χ2v) is 5.35. The molecule has 0 fully saturated rings.